The van der Waals surface area contributed by atoms with Crippen LogP contribution in [-0.4, -0.2) is 18.0 Å². The van der Waals surface area contributed by atoms with Crippen molar-refractivity contribution in [1.82, 2.24) is 5.32 Å². The van der Waals surface area contributed by atoms with E-state index in [2.05, 4.69) is 5.32 Å². The van der Waals surface area contributed by atoms with E-state index in [-0.39, 0.29) is 18.0 Å². The molecule has 0 aromatic heterocycles. The molecule has 0 aliphatic rings. The number of nitro groups is 1. The number of hydrogen-bond donors (Lipinski definition) is 1. The molecule has 1 rings (SSSR count). The van der Waals surface area contributed by atoms with Gasteiger partial charge < -0.3 is 5.32 Å². The Hall–Kier alpha value is -1.56. The van der Waals surface area contributed by atoms with Gasteiger partial charge in [-0.3, -0.25) is 10.1 Å². The summed E-state index contributed by atoms with van der Waals surface area (Å²) in [6.07, 6.45) is 0.196. The Bertz CT molecular complexity index is 410. The molecule has 4 nitrogen and oxygen atoms in total. The maximum atomic E-state index is 13.2. The number of rotatable bonds is 4. The van der Waals surface area contributed by atoms with Crippen molar-refractivity contribution in [3.05, 3.63) is 39.4 Å². The second-order valence-corrected chi connectivity index (χ2v) is 3.55. The lowest BCUT2D eigenvalue weighted by molar-refractivity contribution is -0.388. The lowest BCUT2D eigenvalue weighted by atomic mass is 10.0. The fourth-order valence-corrected chi connectivity index (χ4v) is 1.41. The summed E-state index contributed by atoms with van der Waals surface area (Å²) in [6.45, 7) is 1.77. The number of hydrogen-bond acceptors (Lipinski definition) is 3. The topological polar surface area (TPSA) is 55.2 Å². The minimum Gasteiger partial charge on any atom is -0.317 e. The summed E-state index contributed by atoms with van der Waals surface area (Å²) < 4.78 is 26.2. The molecular weight excluding hydrogens is 218 g/mol. The van der Waals surface area contributed by atoms with E-state index in [0.717, 1.165) is 6.07 Å². The lowest BCUT2D eigenvalue weighted by Gasteiger charge is -2.10. The molecule has 1 aromatic carbocycles. The Morgan fingerprint density at radius 2 is 2.12 bits per heavy atom. The highest BCUT2D eigenvalue weighted by Gasteiger charge is 2.22. The third kappa shape index (κ3) is 2.73. The van der Waals surface area contributed by atoms with Gasteiger partial charge in [-0.15, -0.1) is 0 Å². The molecule has 0 fully saturated rings. The Labute approximate surface area is 91.4 Å². The van der Waals surface area contributed by atoms with E-state index in [4.69, 9.17) is 0 Å². The summed E-state index contributed by atoms with van der Waals surface area (Å²) in [5.74, 6) is -1.94. The highest BCUT2D eigenvalue weighted by Crippen LogP contribution is 2.25. The van der Waals surface area contributed by atoms with Crippen molar-refractivity contribution in [3.8, 4) is 0 Å². The molecular formula is C10H12F2N2O2. The molecule has 88 valence electrons. The molecule has 0 saturated carbocycles. The summed E-state index contributed by atoms with van der Waals surface area (Å²) in [5.41, 5.74) is -0.590. The minimum absolute atomic E-state index is 0.0596. The summed E-state index contributed by atoms with van der Waals surface area (Å²) in [4.78, 5) is 9.82. The number of benzene rings is 1. The molecule has 0 heterocycles. The van der Waals surface area contributed by atoms with Gasteiger partial charge in [0.05, 0.1) is 4.92 Å². The van der Waals surface area contributed by atoms with Crippen LogP contribution >= 0.6 is 0 Å². The molecule has 6 heteroatoms. The van der Waals surface area contributed by atoms with E-state index < -0.39 is 22.2 Å². The molecule has 1 atom stereocenters. The van der Waals surface area contributed by atoms with Gasteiger partial charge in [-0.25, -0.2) is 4.39 Å². The van der Waals surface area contributed by atoms with Gasteiger partial charge in [-0.05, 0) is 26.5 Å². The highest BCUT2D eigenvalue weighted by atomic mass is 19.1. The van der Waals surface area contributed by atoms with Crippen LogP contribution in [-0.2, 0) is 6.42 Å². The maximum Gasteiger partial charge on any atom is 0.308 e. The van der Waals surface area contributed by atoms with Crippen molar-refractivity contribution in [2.45, 2.75) is 19.4 Å². The summed E-state index contributed by atoms with van der Waals surface area (Å²) >= 11 is 0. The van der Waals surface area contributed by atoms with Crippen LogP contribution in [0.3, 0.4) is 0 Å². The number of nitrogens with one attached hydrogen (secondary N) is 1. The molecule has 0 saturated heterocycles. The van der Waals surface area contributed by atoms with Gasteiger partial charge in [-0.1, -0.05) is 0 Å². The Morgan fingerprint density at radius 1 is 1.50 bits per heavy atom. The Morgan fingerprint density at radius 3 is 2.62 bits per heavy atom. The van der Waals surface area contributed by atoms with Crippen molar-refractivity contribution in [2.75, 3.05) is 7.05 Å². The zero-order valence-corrected chi connectivity index (χ0v) is 8.96. The highest BCUT2D eigenvalue weighted by molar-refractivity contribution is 5.42. The van der Waals surface area contributed by atoms with E-state index >= 15 is 0 Å². The van der Waals surface area contributed by atoms with Gasteiger partial charge in [0.2, 0.25) is 5.82 Å². The standard InChI is InChI=1S/C10H12F2N2O2/c1-6(13-2)3-7-4-8(11)5-9(12)10(7)14(15)16/h4-6,13H,3H2,1-2H3. The first-order valence-electron chi connectivity index (χ1n) is 4.75. The van der Waals surface area contributed by atoms with Gasteiger partial charge in [0, 0.05) is 17.7 Å². The lowest BCUT2D eigenvalue weighted by Crippen LogP contribution is -2.24. The minimum atomic E-state index is -1.14. The summed E-state index contributed by atoms with van der Waals surface area (Å²) in [7, 11) is 1.67. The van der Waals surface area contributed by atoms with E-state index in [1.165, 1.54) is 0 Å². The molecule has 1 aromatic rings. The van der Waals surface area contributed by atoms with Crippen LogP contribution in [0.4, 0.5) is 14.5 Å². The third-order valence-electron chi connectivity index (χ3n) is 2.31. The van der Waals surface area contributed by atoms with Gasteiger partial charge in [0.1, 0.15) is 5.82 Å². The van der Waals surface area contributed by atoms with Crippen molar-refractivity contribution in [2.24, 2.45) is 0 Å². The predicted molar refractivity (Wildman–Crippen MR) is 55.2 cm³/mol. The molecule has 0 aliphatic heterocycles. The third-order valence-corrected chi connectivity index (χ3v) is 2.31. The van der Waals surface area contributed by atoms with Gasteiger partial charge >= 0.3 is 5.69 Å². The van der Waals surface area contributed by atoms with Crippen LogP contribution in [0.2, 0.25) is 0 Å². The van der Waals surface area contributed by atoms with E-state index in [1.54, 1.807) is 14.0 Å². The van der Waals surface area contributed by atoms with Gasteiger partial charge in [0.15, 0.2) is 0 Å². The van der Waals surface area contributed by atoms with Crippen molar-refractivity contribution >= 4 is 5.69 Å². The molecule has 1 N–H and O–H groups in total. The van der Waals surface area contributed by atoms with Crippen molar-refractivity contribution < 1.29 is 13.7 Å². The number of likely N-dealkylation sites (N-methyl/N-ethyl adjacent to an activating group) is 1. The average Bonchev–Trinajstić information content (AvgIpc) is 2.15. The molecule has 0 spiro atoms. The zero-order valence-electron chi connectivity index (χ0n) is 8.96. The Balaban J connectivity index is 3.19. The smallest absolute Gasteiger partial charge is 0.308 e. The fraction of sp³-hybridized carbons (Fsp3) is 0.400. The average molecular weight is 230 g/mol. The van der Waals surface area contributed by atoms with E-state index in [9.17, 15) is 18.9 Å². The van der Waals surface area contributed by atoms with Gasteiger partial charge in [-0.2, -0.15) is 4.39 Å². The first-order valence-corrected chi connectivity index (χ1v) is 4.75. The van der Waals surface area contributed by atoms with Crippen LogP contribution in [0.25, 0.3) is 0 Å². The predicted octanol–water partition coefficient (Wildman–Crippen LogP) is 2.02. The normalized spacial score (nSPS) is 12.5. The second kappa shape index (κ2) is 4.98. The van der Waals surface area contributed by atoms with Crippen LogP contribution in [0, 0.1) is 21.7 Å². The maximum absolute atomic E-state index is 13.2. The molecule has 0 amide bonds. The number of nitro benzene ring substituents is 1. The summed E-state index contributed by atoms with van der Waals surface area (Å²) in [6, 6.07) is 1.42. The quantitative estimate of drug-likeness (QED) is 0.636. The van der Waals surface area contributed by atoms with Crippen LogP contribution in [0.1, 0.15) is 12.5 Å². The molecule has 0 aliphatic carbocycles. The van der Waals surface area contributed by atoms with Crippen LogP contribution in [0.5, 0.6) is 0 Å². The first-order chi connectivity index (χ1) is 7.45. The summed E-state index contributed by atoms with van der Waals surface area (Å²) in [5, 5.41) is 13.5. The molecule has 0 radical (unpaired) electrons. The van der Waals surface area contributed by atoms with Crippen LogP contribution < -0.4 is 5.32 Å². The number of nitrogens with zero attached hydrogens (tertiary/aromatic N) is 1. The molecule has 0 bridgehead atoms. The first kappa shape index (κ1) is 12.5. The Kier molecular flexibility index (Phi) is 3.89. The second-order valence-electron chi connectivity index (χ2n) is 3.55. The van der Waals surface area contributed by atoms with Crippen molar-refractivity contribution in [1.29, 1.82) is 0 Å². The number of halogens is 2. The molecule has 1 unspecified atom stereocenters. The van der Waals surface area contributed by atoms with Crippen LogP contribution in [0.15, 0.2) is 12.1 Å². The van der Waals surface area contributed by atoms with E-state index in [1.807, 2.05) is 0 Å². The zero-order chi connectivity index (χ0) is 12.3. The fourth-order valence-electron chi connectivity index (χ4n) is 1.41. The SMILES string of the molecule is CNC(C)Cc1cc(F)cc(F)c1[N+](=O)[O-]. The monoisotopic (exact) mass is 230 g/mol. The van der Waals surface area contributed by atoms with Gasteiger partial charge in [0.25, 0.3) is 0 Å². The van der Waals surface area contributed by atoms with E-state index in [0.29, 0.717) is 6.07 Å². The molecule has 16 heavy (non-hydrogen) atoms. The van der Waals surface area contributed by atoms with Crippen molar-refractivity contribution in [3.63, 3.8) is 0 Å². The largest absolute Gasteiger partial charge is 0.317 e.